The average Bonchev–Trinajstić information content (AvgIpc) is 3.48. The molecule has 0 fully saturated rings. The van der Waals surface area contributed by atoms with Gasteiger partial charge in [0.05, 0.1) is 11.4 Å². The molecule has 3 nitrogen and oxygen atoms in total. The summed E-state index contributed by atoms with van der Waals surface area (Å²) in [5.74, 6) is 0.694. The Labute approximate surface area is 249 Å². The van der Waals surface area contributed by atoms with Gasteiger partial charge in [-0.25, -0.2) is 9.97 Å². The van der Waals surface area contributed by atoms with Crippen molar-refractivity contribution >= 4 is 21.9 Å². The summed E-state index contributed by atoms with van der Waals surface area (Å²) in [6.45, 7) is 0. The highest BCUT2D eigenvalue weighted by atomic mass is 16.3. The lowest BCUT2D eigenvalue weighted by atomic mass is 9.91. The summed E-state index contributed by atoms with van der Waals surface area (Å²) >= 11 is 0. The number of para-hydroxylation sites is 1. The molecule has 0 radical (unpaired) electrons. The molecule has 6 aromatic carbocycles. The van der Waals surface area contributed by atoms with Crippen molar-refractivity contribution in [1.82, 2.24) is 9.97 Å². The van der Waals surface area contributed by atoms with E-state index in [0.717, 1.165) is 61.1 Å². The number of aromatic nitrogens is 2. The Morgan fingerprint density at radius 1 is 0.395 bits per heavy atom. The molecule has 202 valence electrons. The third-order valence-electron chi connectivity index (χ3n) is 7.93. The Hall–Kier alpha value is -5.80. The molecule has 0 aliphatic heterocycles. The minimum Gasteiger partial charge on any atom is -0.456 e. The molecule has 43 heavy (non-hydrogen) atoms. The summed E-state index contributed by atoms with van der Waals surface area (Å²) in [5, 5.41) is 2.17. The van der Waals surface area contributed by atoms with Crippen LogP contribution in [0.4, 0.5) is 0 Å². The van der Waals surface area contributed by atoms with Crippen molar-refractivity contribution in [3.63, 3.8) is 0 Å². The highest BCUT2D eigenvalue weighted by molar-refractivity contribution is 6.15. The maximum Gasteiger partial charge on any atom is 0.160 e. The first-order valence-corrected chi connectivity index (χ1v) is 14.4. The zero-order chi connectivity index (χ0) is 28.6. The molecule has 0 unspecified atom stereocenters. The third kappa shape index (κ3) is 4.58. The third-order valence-corrected chi connectivity index (χ3v) is 7.93. The van der Waals surface area contributed by atoms with Gasteiger partial charge >= 0.3 is 0 Å². The summed E-state index contributed by atoms with van der Waals surface area (Å²) < 4.78 is 6.35. The Kier molecular flexibility index (Phi) is 6.12. The Morgan fingerprint density at radius 3 is 1.67 bits per heavy atom. The highest BCUT2D eigenvalue weighted by Gasteiger charge is 2.20. The minimum atomic E-state index is 0.694. The van der Waals surface area contributed by atoms with Crippen molar-refractivity contribution in [1.29, 1.82) is 0 Å². The molecule has 2 heterocycles. The molecule has 0 N–H and O–H groups in total. The first-order valence-electron chi connectivity index (χ1n) is 14.4. The molecule has 0 spiro atoms. The maximum absolute atomic E-state index is 6.35. The second-order valence-corrected chi connectivity index (χ2v) is 10.6. The SMILES string of the molecule is c1ccc(-c2ccc(-c3c(-c4cc(-c5ccccc5)nc(-c5ccccc5)n4)ccc4oc5ccccc5c34)cc2)cc1. The number of hydrogen-bond donors (Lipinski definition) is 0. The van der Waals surface area contributed by atoms with Crippen LogP contribution in [0.5, 0.6) is 0 Å². The van der Waals surface area contributed by atoms with Crippen molar-refractivity contribution in [3.05, 3.63) is 158 Å². The largest absolute Gasteiger partial charge is 0.456 e. The second kappa shape index (κ2) is 10.6. The van der Waals surface area contributed by atoms with E-state index in [1.54, 1.807) is 0 Å². The molecule has 8 rings (SSSR count). The first-order chi connectivity index (χ1) is 21.3. The van der Waals surface area contributed by atoms with Crippen LogP contribution in [0.3, 0.4) is 0 Å². The summed E-state index contributed by atoms with van der Waals surface area (Å²) in [4.78, 5) is 10.2. The van der Waals surface area contributed by atoms with E-state index < -0.39 is 0 Å². The predicted molar refractivity (Wildman–Crippen MR) is 176 cm³/mol. The summed E-state index contributed by atoms with van der Waals surface area (Å²) in [6, 6.07) is 54.3. The Morgan fingerprint density at radius 2 is 0.953 bits per heavy atom. The van der Waals surface area contributed by atoms with Gasteiger partial charge in [-0.15, -0.1) is 0 Å². The standard InChI is InChI=1S/C40H26N2O/c1-4-12-27(13-5-1)28-20-22-30(23-21-28)38-32(24-25-37-39(38)33-18-10-11-19-36(33)43-37)35-26-34(29-14-6-2-7-15-29)41-40(42-35)31-16-8-3-9-17-31/h1-26H. The molecule has 0 aliphatic rings. The molecule has 2 aromatic heterocycles. The number of benzene rings is 6. The number of rotatable bonds is 5. The molecule has 3 heteroatoms. The smallest absolute Gasteiger partial charge is 0.160 e. The predicted octanol–water partition coefficient (Wildman–Crippen LogP) is 10.7. The number of furan rings is 1. The molecule has 0 bridgehead atoms. The quantitative estimate of drug-likeness (QED) is 0.214. The fraction of sp³-hybridized carbons (Fsp3) is 0. The Balaban J connectivity index is 1.40. The van der Waals surface area contributed by atoms with Crippen molar-refractivity contribution in [2.75, 3.05) is 0 Å². The van der Waals surface area contributed by atoms with E-state index in [1.165, 1.54) is 11.1 Å². The van der Waals surface area contributed by atoms with E-state index in [2.05, 4.69) is 103 Å². The van der Waals surface area contributed by atoms with Crippen LogP contribution in [0.1, 0.15) is 0 Å². The van der Waals surface area contributed by atoms with Gasteiger partial charge in [-0.3, -0.25) is 0 Å². The fourth-order valence-electron chi connectivity index (χ4n) is 5.85. The van der Waals surface area contributed by atoms with E-state index in [4.69, 9.17) is 14.4 Å². The number of nitrogens with zero attached hydrogens (tertiary/aromatic N) is 2. The lowest BCUT2D eigenvalue weighted by Crippen LogP contribution is -1.97. The van der Waals surface area contributed by atoms with Crippen LogP contribution < -0.4 is 0 Å². The van der Waals surface area contributed by atoms with Crippen molar-refractivity contribution in [3.8, 4) is 56.2 Å². The molecule has 8 aromatic rings. The monoisotopic (exact) mass is 550 g/mol. The van der Waals surface area contributed by atoms with Crippen LogP contribution >= 0.6 is 0 Å². The van der Waals surface area contributed by atoms with Crippen LogP contribution in [0, 0.1) is 0 Å². The summed E-state index contributed by atoms with van der Waals surface area (Å²) in [5.41, 5.74) is 11.1. The lowest BCUT2D eigenvalue weighted by Gasteiger charge is -2.15. The number of fused-ring (bicyclic) bond motifs is 3. The molecule has 0 amide bonds. The van der Waals surface area contributed by atoms with Gasteiger partial charge in [-0.2, -0.15) is 0 Å². The molecule has 0 aliphatic carbocycles. The number of hydrogen-bond acceptors (Lipinski definition) is 3. The Bertz CT molecular complexity index is 2140. The van der Waals surface area contributed by atoms with Crippen LogP contribution in [0.15, 0.2) is 162 Å². The average molecular weight is 551 g/mol. The minimum absolute atomic E-state index is 0.694. The molecule has 0 saturated carbocycles. The maximum atomic E-state index is 6.35. The van der Waals surface area contributed by atoms with E-state index in [0.29, 0.717) is 5.82 Å². The van der Waals surface area contributed by atoms with E-state index in [-0.39, 0.29) is 0 Å². The van der Waals surface area contributed by atoms with Crippen LogP contribution in [-0.4, -0.2) is 9.97 Å². The zero-order valence-electron chi connectivity index (χ0n) is 23.3. The summed E-state index contributed by atoms with van der Waals surface area (Å²) in [6.07, 6.45) is 0. The van der Waals surface area contributed by atoms with Crippen LogP contribution in [0.25, 0.3) is 78.1 Å². The van der Waals surface area contributed by atoms with Crippen molar-refractivity contribution in [2.45, 2.75) is 0 Å². The molecular weight excluding hydrogens is 524 g/mol. The van der Waals surface area contributed by atoms with Gasteiger partial charge in [0.15, 0.2) is 5.82 Å². The van der Waals surface area contributed by atoms with Crippen molar-refractivity contribution in [2.24, 2.45) is 0 Å². The topological polar surface area (TPSA) is 38.9 Å². The first kappa shape index (κ1) is 25.0. The van der Waals surface area contributed by atoms with Gasteiger partial charge < -0.3 is 4.42 Å². The molecule has 0 saturated heterocycles. The van der Waals surface area contributed by atoms with Gasteiger partial charge in [-0.1, -0.05) is 133 Å². The fourth-order valence-corrected chi connectivity index (χ4v) is 5.85. The second-order valence-electron chi connectivity index (χ2n) is 10.6. The molecule has 0 atom stereocenters. The normalized spacial score (nSPS) is 11.3. The van der Waals surface area contributed by atoms with Gasteiger partial charge in [-0.05, 0) is 41.0 Å². The van der Waals surface area contributed by atoms with Gasteiger partial charge in [0.1, 0.15) is 11.2 Å². The van der Waals surface area contributed by atoms with Gasteiger partial charge in [0, 0.05) is 33.0 Å². The van der Waals surface area contributed by atoms with Crippen LogP contribution in [0.2, 0.25) is 0 Å². The van der Waals surface area contributed by atoms with E-state index >= 15 is 0 Å². The van der Waals surface area contributed by atoms with Gasteiger partial charge in [0.2, 0.25) is 0 Å². The van der Waals surface area contributed by atoms with Crippen molar-refractivity contribution < 1.29 is 4.42 Å². The van der Waals surface area contributed by atoms with Crippen LogP contribution in [-0.2, 0) is 0 Å². The zero-order valence-corrected chi connectivity index (χ0v) is 23.3. The summed E-state index contributed by atoms with van der Waals surface area (Å²) in [7, 11) is 0. The van der Waals surface area contributed by atoms with E-state index in [1.807, 2.05) is 54.6 Å². The molecular formula is C40H26N2O. The lowest BCUT2D eigenvalue weighted by molar-refractivity contribution is 0.669. The van der Waals surface area contributed by atoms with E-state index in [9.17, 15) is 0 Å². The van der Waals surface area contributed by atoms with Gasteiger partial charge in [0.25, 0.3) is 0 Å². The highest BCUT2D eigenvalue weighted by Crippen LogP contribution is 2.43.